The third-order valence-corrected chi connectivity index (χ3v) is 3.22. The van der Waals surface area contributed by atoms with Crippen LogP contribution >= 0.6 is 0 Å². The maximum absolute atomic E-state index is 12.2. The molecule has 3 aromatic rings. The first-order valence-corrected chi connectivity index (χ1v) is 6.47. The van der Waals surface area contributed by atoms with Crippen molar-refractivity contribution in [2.24, 2.45) is 0 Å². The Bertz CT molecular complexity index is 988. The second kappa shape index (κ2) is 5.21. The number of amides is 1. The Morgan fingerprint density at radius 3 is 2.50 bits per heavy atom. The largest absolute Gasteiger partial charge is 0.399 e. The second-order valence-electron chi connectivity index (χ2n) is 4.72. The van der Waals surface area contributed by atoms with Crippen LogP contribution in [0.2, 0.25) is 0 Å². The Morgan fingerprint density at radius 2 is 1.73 bits per heavy atom. The monoisotopic (exact) mass is 296 g/mol. The summed E-state index contributed by atoms with van der Waals surface area (Å²) < 4.78 is 0. The number of nitrogens with two attached hydrogens (primary N) is 1. The number of rotatable bonds is 2. The first-order chi connectivity index (χ1) is 10.6. The molecule has 3 rings (SSSR count). The zero-order valence-corrected chi connectivity index (χ0v) is 11.3. The average molecular weight is 296 g/mol. The van der Waals surface area contributed by atoms with Gasteiger partial charge in [0.2, 0.25) is 0 Å². The van der Waals surface area contributed by atoms with Crippen LogP contribution in [0.1, 0.15) is 10.4 Å². The molecular formula is C15H12N4O3. The lowest BCUT2D eigenvalue weighted by Gasteiger charge is -2.08. The zero-order valence-electron chi connectivity index (χ0n) is 11.3. The van der Waals surface area contributed by atoms with Crippen LogP contribution in [-0.2, 0) is 0 Å². The number of H-pyrrole nitrogens is 2. The van der Waals surface area contributed by atoms with Gasteiger partial charge in [-0.3, -0.25) is 24.6 Å². The molecular weight excluding hydrogens is 284 g/mol. The summed E-state index contributed by atoms with van der Waals surface area (Å²) in [7, 11) is 0. The van der Waals surface area contributed by atoms with Crippen LogP contribution in [0.5, 0.6) is 0 Å². The third-order valence-electron chi connectivity index (χ3n) is 3.22. The van der Waals surface area contributed by atoms with Gasteiger partial charge in [-0.05, 0) is 30.3 Å². The van der Waals surface area contributed by atoms with Gasteiger partial charge < -0.3 is 11.1 Å². The molecule has 1 amide bonds. The second-order valence-corrected chi connectivity index (χ2v) is 4.72. The van der Waals surface area contributed by atoms with E-state index in [2.05, 4.69) is 15.5 Å². The summed E-state index contributed by atoms with van der Waals surface area (Å²) in [5, 5.41) is 7.44. The smallest absolute Gasteiger partial charge is 0.272 e. The summed E-state index contributed by atoms with van der Waals surface area (Å²) in [5.74, 6) is -0.417. The van der Waals surface area contributed by atoms with Crippen molar-refractivity contribution in [2.75, 3.05) is 11.1 Å². The number of nitrogen functional groups attached to an aromatic ring is 1. The molecule has 0 radical (unpaired) electrons. The molecule has 5 N–H and O–H groups in total. The Morgan fingerprint density at radius 1 is 1.00 bits per heavy atom. The molecule has 7 heteroatoms. The topological polar surface area (TPSA) is 121 Å². The van der Waals surface area contributed by atoms with Gasteiger partial charge in [-0.1, -0.05) is 12.1 Å². The lowest BCUT2D eigenvalue weighted by Crippen LogP contribution is -2.21. The van der Waals surface area contributed by atoms with Gasteiger partial charge in [-0.15, -0.1) is 0 Å². The highest BCUT2D eigenvalue weighted by Gasteiger charge is 2.12. The Kier molecular flexibility index (Phi) is 3.23. The number of fused-ring (bicyclic) bond motifs is 1. The maximum atomic E-state index is 12.2. The van der Waals surface area contributed by atoms with Crippen molar-refractivity contribution in [3.05, 3.63) is 68.7 Å². The summed E-state index contributed by atoms with van der Waals surface area (Å²) in [6, 6.07) is 11.1. The Balaban J connectivity index is 2.08. The van der Waals surface area contributed by atoms with Gasteiger partial charge in [-0.25, -0.2) is 0 Å². The van der Waals surface area contributed by atoms with Gasteiger partial charge in [-0.2, -0.15) is 0 Å². The van der Waals surface area contributed by atoms with E-state index in [9.17, 15) is 14.4 Å². The van der Waals surface area contributed by atoms with Crippen LogP contribution < -0.4 is 22.2 Å². The number of hydrogen-bond acceptors (Lipinski definition) is 4. The standard InChI is InChI=1S/C15H12N4O3/c16-9-4-1-3-8(7-9)13(20)17-11-6-2-5-10-12(11)15(22)19-18-14(10)21/h1-7H,16H2,(H,17,20)(H,18,21)(H,19,22). The van der Waals surface area contributed by atoms with Crippen molar-refractivity contribution in [1.29, 1.82) is 0 Å². The first kappa shape index (κ1) is 13.6. The molecule has 2 aromatic carbocycles. The highest BCUT2D eigenvalue weighted by atomic mass is 16.2. The maximum Gasteiger partial charge on any atom is 0.272 e. The van der Waals surface area contributed by atoms with E-state index >= 15 is 0 Å². The van der Waals surface area contributed by atoms with Crippen molar-refractivity contribution in [2.45, 2.75) is 0 Å². The molecule has 0 aliphatic heterocycles. The van der Waals surface area contributed by atoms with E-state index in [1.54, 1.807) is 30.3 Å². The fraction of sp³-hybridized carbons (Fsp3) is 0. The molecule has 22 heavy (non-hydrogen) atoms. The molecule has 0 unspecified atom stereocenters. The van der Waals surface area contributed by atoms with Crippen LogP contribution in [0.15, 0.2) is 52.1 Å². The average Bonchev–Trinajstić information content (AvgIpc) is 2.51. The molecule has 0 spiro atoms. The molecule has 1 aromatic heterocycles. The fourth-order valence-electron chi connectivity index (χ4n) is 2.21. The molecule has 0 atom stereocenters. The minimum absolute atomic E-state index is 0.128. The predicted octanol–water partition coefficient (Wildman–Crippen LogP) is 1.05. The number of aromatic amines is 2. The van der Waals surface area contributed by atoms with Gasteiger partial charge in [0.25, 0.3) is 17.0 Å². The number of carbonyl (C=O) groups is 1. The molecule has 0 fully saturated rings. The molecule has 7 nitrogen and oxygen atoms in total. The van der Waals surface area contributed by atoms with Crippen molar-refractivity contribution in [3.63, 3.8) is 0 Å². The number of benzene rings is 2. The van der Waals surface area contributed by atoms with Gasteiger partial charge in [0, 0.05) is 11.3 Å². The number of aromatic nitrogens is 2. The SMILES string of the molecule is Nc1cccc(C(=O)Nc2cccc3c(=O)[nH][nH]c(=O)c23)c1. The van der Waals surface area contributed by atoms with Crippen LogP contribution in [0.4, 0.5) is 11.4 Å². The number of hydrogen-bond donors (Lipinski definition) is 4. The minimum atomic E-state index is -0.488. The summed E-state index contributed by atoms with van der Waals surface area (Å²) in [6.45, 7) is 0. The van der Waals surface area contributed by atoms with Gasteiger partial charge in [0.1, 0.15) is 0 Å². The number of anilines is 2. The molecule has 110 valence electrons. The third kappa shape index (κ3) is 2.35. The molecule has 0 saturated carbocycles. The molecule has 0 aliphatic carbocycles. The highest BCUT2D eigenvalue weighted by Crippen LogP contribution is 2.18. The summed E-state index contributed by atoms with van der Waals surface area (Å²) in [5.41, 5.74) is 5.80. The van der Waals surface area contributed by atoms with E-state index in [0.29, 0.717) is 11.3 Å². The summed E-state index contributed by atoms with van der Waals surface area (Å²) >= 11 is 0. The Labute approximate surface area is 123 Å². The van der Waals surface area contributed by atoms with Crippen LogP contribution in [0, 0.1) is 0 Å². The van der Waals surface area contributed by atoms with E-state index in [0.717, 1.165) is 0 Å². The summed E-state index contributed by atoms with van der Waals surface area (Å²) in [4.78, 5) is 35.9. The molecule has 1 heterocycles. The van der Waals surface area contributed by atoms with Crippen LogP contribution in [-0.4, -0.2) is 16.1 Å². The molecule has 0 bridgehead atoms. The highest BCUT2D eigenvalue weighted by molar-refractivity contribution is 6.09. The van der Waals surface area contributed by atoms with E-state index in [4.69, 9.17) is 5.73 Å². The number of nitrogens with one attached hydrogen (secondary N) is 3. The number of carbonyl (C=O) groups excluding carboxylic acids is 1. The van der Waals surface area contributed by atoms with Crippen molar-refractivity contribution >= 4 is 28.1 Å². The Hall–Kier alpha value is -3.35. The van der Waals surface area contributed by atoms with Gasteiger partial charge in [0.05, 0.1) is 16.5 Å². The van der Waals surface area contributed by atoms with Crippen molar-refractivity contribution in [3.8, 4) is 0 Å². The van der Waals surface area contributed by atoms with E-state index in [1.807, 2.05) is 0 Å². The minimum Gasteiger partial charge on any atom is -0.399 e. The zero-order chi connectivity index (χ0) is 15.7. The molecule has 0 saturated heterocycles. The van der Waals surface area contributed by atoms with Crippen molar-refractivity contribution in [1.82, 2.24) is 10.2 Å². The van der Waals surface area contributed by atoms with Crippen molar-refractivity contribution < 1.29 is 4.79 Å². The lowest BCUT2D eigenvalue weighted by atomic mass is 10.1. The van der Waals surface area contributed by atoms with Crippen LogP contribution in [0.3, 0.4) is 0 Å². The van der Waals surface area contributed by atoms with E-state index in [1.165, 1.54) is 12.1 Å². The van der Waals surface area contributed by atoms with Gasteiger partial charge >= 0.3 is 0 Å². The lowest BCUT2D eigenvalue weighted by molar-refractivity contribution is 0.102. The normalized spacial score (nSPS) is 10.5. The first-order valence-electron chi connectivity index (χ1n) is 6.47. The van der Waals surface area contributed by atoms with E-state index < -0.39 is 17.0 Å². The molecule has 0 aliphatic rings. The van der Waals surface area contributed by atoms with Gasteiger partial charge in [0.15, 0.2) is 0 Å². The van der Waals surface area contributed by atoms with Crippen LogP contribution in [0.25, 0.3) is 10.8 Å². The quantitative estimate of drug-likeness (QED) is 0.528. The van der Waals surface area contributed by atoms with E-state index in [-0.39, 0.29) is 16.5 Å². The predicted molar refractivity (Wildman–Crippen MR) is 84.0 cm³/mol. The summed E-state index contributed by atoms with van der Waals surface area (Å²) in [6.07, 6.45) is 0. The fourth-order valence-corrected chi connectivity index (χ4v) is 2.21.